The van der Waals surface area contributed by atoms with Gasteiger partial charge in [-0.1, -0.05) is 31.0 Å². The second kappa shape index (κ2) is 7.75. The Morgan fingerprint density at radius 2 is 2.05 bits per heavy atom. The van der Waals surface area contributed by atoms with E-state index in [1.807, 2.05) is 6.92 Å². The summed E-state index contributed by atoms with van der Waals surface area (Å²) in [6.45, 7) is 4.82. The first-order valence-electron chi connectivity index (χ1n) is 7.26. The molecule has 2 rings (SSSR count). The zero-order valence-electron chi connectivity index (χ0n) is 12.7. The van der Waals surface area contributed by atoms with Crippen LogP contribution in [0.15, 0.2) is 30.3 Å². The monoisotopic (exact) mass is 318 g/mol. The highest BCUT2D eigenvalue weighted by Crippen LogP contribution is 2.23. The third kappa shape index (κ3) is 4.18. The Hall–Kier alpha value is -2.14. The maximum Gasteiger partial charge on any atom is 0.276 e. The van der Waals surface area contributed by atoms with Crippen molar-refractivity contribution in [1.29, 1.82) is 0 Å². The summed E-state index contributed by atoms with van der Waals surface area (Å²) in [5, 5.41) is 14.5. The highest BCUT2D eigenvalue weighted by molar-refractivity contribution is 6.31. The first-order valence-corrected chi connectivity index (χ1v) is 7.63. The SMILES string of the molecule is CCCCNc1ccc(C(=O)Nc2cccc(Cl)c2C)nn1. The maximum absolute atomic E-state index is 12.2. The number of hydrogen-bond donors (Lipinski definition) is 2. The number of carbonyl (C=O) groups excluding carboxylic acids is 1. The van der Waals surface area contributed by atoms with Gasteiger partial charge in [0.05, 0.1) is 0 Å². The lowest BCUT2D eigenvalue weighted by Crippen LogP contribution is -2.15. The minimum Gasteiger partial charge on any atom is -0.369 e. The second-order valence-corrected chi connectivity index (χ2v) is 5.36. The van der Waals surface area contributed by atoms with Crippen LogP contribution < -0.4 is 10.6 Å². The number of carbonyl (C=O) groups is 1. The number of benzene rings is 1. The summed E-state index contributed by atoms with van der Waals surface area (Å²) in [6, 6.07) is 8.77. The largest absolute Gasteiger partial charge is 0.369 e. The van der Waals surface area contributed by atoms with Crippen LogP contribution in [0.2, 0.25) is 5.02 Å². The molecule has 0 atom stereocenters. The molecule has 0 aliphatic carbocycles. The zero-order chi connectivity index (χ0) is 15.9. The van der Waals surface area contributed by atoms with E-state index in [1.165, 1.54) is 0 Å². The number of amides is 1. The van der Waals surface area contributed by atoms with Crippen LogP contribution in [0, 0.1) is 6.92 Å². The third-order valence-electron chi connectivity index (χ3n) is 3.25. The quantitative estimate of drug-likeness (QED) is 0.793. The van der Waals surface area contributed by atoms with E-state index in [1.54, 1.807) is 30.3 Å². The van der Waals surface area contributed by atoms with Gasteiger partial charge < -0.3 is 10.6 Å². The molecule has 0 bridgehead atoms. The molecular formula is C16H19ClN4O. The topological polar surface area (TPSA) is 66.9 Å². The molecule has 0 saturated heterocycles. The molecule has 0 radical (unpaired) electrons. The summed E-state index contributed by atoms with van der Waals surface area (Å²) < 4.78 is 0. The standard InChI is InChI=1S/C16H19ClN4O/c1-3-4-10-18-15-9-8-14(20-21-15)16(22)19-13-7-5-6-12(17)11(13)2/h5-9H,3-4,10H2,1-2H3,(H,18,21)(H,19,22). The molecule has 5 nitrogen and oxygen atoms in total. The van der Waals surface area contributed by atoms with Crippen LogP contribution in [0.5, 0.6) is 0 Å². The first-order chi connectivity index (χ1) is 10.6. The number of nitrogens with zero attached hydrogens (tertiary/aromatic N) is 2. The van der Waals surface area contributed by atoms with Crippen molar-refractivity contribution in [3.8, 4) is 0 Å². The average molecular weight is 319 g/mol. The van der Waals surface area contributed by atoms with Gasteiger partial charge in [0.2, 0.25) is 0 Å². The van der Waals surface area contributed by atoms with Gasteiger partial charge in [-0.25, -0.2) is 0 Å². The minimum atomic E-state index is -0.307. The predicted molar refractivity (Wildman–Crippen MR) is 89.6 cm³/mol. The Bertz CT molecular complexity index is 643. The summed E-state index contributed by atoms with van der Waals surface area (Å²) in [7, 11) is 0. The van der Waals surface area contributed by atoms with E-state index in [-0.39, 0.29) is 11.6 Å². The smallest absolute Gasteiger partial charge is 0.276 e. The van der Waals surface area contributed by atoms with Gasteiger partial charge in [0.25, 0.3) is 5.91 Å². The van der Waals surface area contributed by atoms with Crippen LogP contribution in [0.3, 0.4) is 0 Å². The molecule has 0 saturated carbocycles. The van der Waals surface area contributed by atoms with Gasteiger partial charge in [0.15, 0.2) is 5.69 Å². The first kappa shape index (κ1) is 16.2. The van der Waals surface area contributed by atoms with Crippen LogP contribution >= 0.6 is 11.6 Å². The molecule has 116 valence electrons. The van der Waals surface area contributed by atoms with E-state index in [2.05, 4.69) is 27.8 Å². The Kier molecular flexibility index (Phi) is 5.72. The van der Waals surface area contributed by atoms with Gasteiger partial charge in [0.1, 0.15) is 5.82 Å². The van der Waals surface area contributed by atoms with Crippen molar-refractivity contribution in [2.45, 2.75) is 26.7 Å². The zero-order valence-corrected chi connectivity index (χ0v) is 13.4. The fraction of sp³-hybridized carbons (Fsp3) is 0.312. The number of hydrogen-bond acceptors (Lipinski definition) is 4. The number of unbranched alkanes of at least 4 members (excludes halogenated alkanes) is 1. The molecule has 6 heteroatoms. The van der Waals surface area contributed by atoms with Crippen molar-refractivity contribution in [2.24, 2.45) is 0 Å². The van der Waals surface area contributed by atoms with Gasteiger partial charge in [-0.2, -0.15) is 0 Å². The van der Waals surface area contributed by atoms with Gasteiger partial charge in [0, 0.05) is 17.3 Å². The van der Waals surface area contributed by atoms with E-state index in [9.17, 15) is 4.79 Å². The molecular weight excluding hydrogens is 300 g/mol. The Morgan fingerprint density at radius 1 is 1.23 bits per heavy atom. The second-order valence-electron chi connectivity index (χ2n) is 4.95. The molecule has 1 heterocycles. The molecule has 0 aliphatic rings. The molecule has 1 aromatic carbocycles. The highest BCUT2D eigenvalue weighted by Gasteiger charge is 2.11. The Morgan fingerprint density at radius 3 is 2.73 bits per heavy atom. The molecule has 22 heavy (non-hydrogen) atoms. The third-order valence-corrected chi connectivity index (χ3v) is 3.66. The summed E-state index contributed by atoms with van der Waals surface area (Å²) in [4.78, 5) is 12.2. The molecule has 0 unspecified atom stereocenters. The van der Waals surface area contributed by atoms with Gasteiger partial charge in [-0.3, -0.25) is 4.79 Å². The minimum absolute atomic E-state index is 0.264. The molecule has 2 N–H and O–H groups in total. The van der Waals surface area contributed by atoms with Crippen molar-refractivity contribution < 1.29 is 4.79 Å². The molecule has 2 aromatic rings. The van der Waals surface area contributed by atoms with Crippen LogP contribution in [-0.2, 0) is 0 Å². The van der Waals surface area contributed by atoms with Crippen LogP contribution in [0.1, 0.15) is 35.8 Å². The van der Waals surface area contributed by atoms with Crippen molar-refractivity contribution in [3.05, 3.63) is 46.6 Å². The lowest BCUT2D eigenvalue weighted by atomic mass is 10.2. The summed E-state index contributed by atoms with van der Waals surface area (Å²) in [5.41, 5.74) is 1.76. The number of nitrogens with one attached hydrogen (secondary N) is 2. The van der Waals surface area contributed by atoms with Gasteiger partial charge in [-0.15, -0.1) is 10.2 Å². The van der Waals surface area contributed by atoms with Gasteiger partial charge >= 0.3 is 0 Å². The lowest BCUT2D eigenvalue weighted by Gasteiger charge is -2.09. The van der Waals surface area contributed by atoms with Crippen LogP contribution in [0.4, 0.5) is 11.5 Å². The molecule has 1 aromatic heterocycles. The average Bonchev–Trinajstić information content (AvgIpc) is 2.53. The molecule has 0 aliphatic heterocycles. The number of halogens is 1. The molecule has 1 amide bonds. The van der Waals surface area contributed by atoms with Gasteiger partial charge in [-0.05, 0) is 43.2 Å². The Balaban J connectivity index is 2.02. The van der Waals surface area contributed by atoms with E-state index in [0.717, 1.165) is 24.9 Å². The number of rotatable bonds is 6. The molecule has 0 fully saturated rings. The summed E-state index contributed by atoms with van der Waals surface area (Å²) in [5.74, 6) is 0.363. The van der Waals surface area contributed by atoms with E-state index in [4.69, 9.17) is 11.6 Å². The Labute approximate surface area is 135 Å². The number of aromatic nitrogens is 2. The van der Waals surface area contributed by atoms with E-state index in [0.29, 0.717) is 16.5 Å². The summed E-state index contributed by atoms with van der Waals surface area (Å²) in [6.07, 6.45) is 2.18. The van der Waals surface area contributed by atoms with E-state index < -0.39 is 0 Å². The van der Waals surface area contributed by atoms with Crippen molar-refractivity contribution in [3.63, 3.8) is 0 Å². The predicted octanol–water partition coefficient (Wildman–Crippen LogP) is 3.90. The van der Waals surface area contributed by atoms with Crippen molar-refractivity contribution in [1.82, 2.24) is 10.2 Å². The summed E-state index contributed by atoms with van der Waals surface area (Å²) >= 11 is 6.04. The van der Waals surface area contributed by atoms with Crippen LogP contribution in [0.25, 0.3) is 0 Å². The maximum atomic E-state index is 12.2. The highest BCUT2D eigenvalue weighted by atomic mass is 35.5. The number of anilines is 2. The van der Waals surface area contributed by atoms with Crippen molar-refractivity contribution >= 4 is 29.0 Å². The fourth-order valence-corrected chi connectivity index (χ4v) is 2.04. The van der Waals surface area contributed by atoms with E-state index >= 15 is 0 Å². The fourth-order valence-electron chi connectivity index (χ4n) is 1.87. The lowest BCUT2D eigenvalue weighted by molar-refractivity contribution is 0.102. The van der Waals surface area contributed by atoms with Crippen LogP contribution in [-0.4, -0.2) is 22.6 Å². The normalized spacial score (nSPS) is 10.3. The van der Waals surface area contributed by atoms with Crippen molar-refractivity contribution in [2.75, 3.05) is 17.2 Å². The molecule has 0 spiro atoms.